The molecular formula is C26H31Cl2N5O2S2. The number of aliphatic hydroxyl groups excluding tert-OH is 1. The average molecular weight is 581 g/mol. The number of nitrogens with zero attached hydrogens (tertiary/aromatic N) is 3. The van der Waals surface area contributed by atoms with E-state index in [1.165, 1.54) is 23.3 Å². The van der Waals surface area contributed by atoms with Crippen LogP contribution in [0.5, 0.6) is 0 Å². The van der Waals surface area contributed by atoms with Crippen LogP contribution in [0, 0.1) is 0 Å². The van der Waals surface area contributed by atoms with Gasteiger partial charge in [0.1, 0.15) is 0 Å². The number of hydrogen-bond donors (Lipinski definition) is 3. The van der Waals surface area contributed by atoms with Gasteiger partial charge in [0.25, 0.3) is 0 Å². The van der Waals surface area contributed by atoms with E-state index in [1.54, 1.807) is 6.92 Å². The molecule has 0 saturated carbocycles. The predicted molar refractivity (Wildman–Crippen MR) is 154 cm³/mol. The zero-order valence-electron chi connectivity index (χ0n) is 20.6. The third-order valence-corrected chi connectivity index (χ3v) is 9.09. The van der Waals surface area contributed by atoms with E-state index >= 15 is 0 Å². The van der Waals surface area contributed by atoms with E-state index in [1.807, 2.05) is 52.1 Å². The Hall–Kier alpha value is -1.85. The highest BCUT2D eigenvalue weighted by Crippen LogP contribution is 2.34. The van der Waals surface area contributed by atoms with Crippen LogP contribution in [0.3, 0.4) is 0 Å². The second-order valence-corrected chi connectivity index (χ2v) is 12.0. The Morgan fingerprint density at radius 1 is 1.27 bits per heavy atom. The number of carbonyl (C=O) groups is 1. The standard InChI is InChI=1S/C26H31Cl2N5O2S2/c1-17(35)33(22-7-9-32(10-8-22)14-18-5-6-23(27)24(28)11-18)37-26-31-25(16-36-26)19-3-2-4-21(12-19)30-13-20(29)15-34/h2-6,11-12,16,20,22,30,34H,7-10,13-15,29H2,1H3/t20-/m1/s1. The van der Waals surface area contributed by atoms with Gasteiger partial charge in [-0.2, -0.15) is 0 Å². The topological polar surface area (TPSA) is 94.7 Å². The lowest BCUT2D eigenvalue weighted by Gasteiger charge is -2.37. The van der Waals surface area contributed by atoms with Gasteiger partial charge >= 0.3 is 0 Å². The summed E-state index contributed by atoms with van der Waals surface area (Å²) in [6.07, 6.45) is 1.80. The molecule has 4 N–H and O–H groups in total. The van der Waals surface area contributed by atoms with Gasteiger partial charge in [0.05, 0.1) is 22.3 Å². The smallest absolute Gasteiger partial charge is 0.229 e. The molecule has 1 fully saturated rings. The van der Waals surface area contributed by atoms with Crippen molar-refractivity contribution < 1.29 is 9.90 Å². The number of rotatable bonds is 10. The van der Waals surface area contributed by atoms with Crippen molar-refractivity contribution >= 4 is 58.1 Å². The monoisotopic (exact) mass is 579 g/mol. The van der Waals surface area contributed by atoms with E-state index in [9.17, 15) is 4.79 Å². The van der Waals surface area contributed by atoms with Crippen molar-refractivity contribution in [1.29, 1.82) is 0 Å². The number of likely N-dealkylation sites (tertiary alicyclic amines) is 1. The summed E-state index contributed by atoms with van der Waals surface area (Å²) in [5.41, 5.74) is 9.69. The van der Waals surface area contributed by atoms with Crippen molar-refractivity contribution in [1.82, 2.24) is 14.2 Å². The minimum atomic E-state index is -0.314. The molecule has 0 bridgehead atoms. The molecule has 2 heterocycles. The highest BCUT2D eigenvalue weighted by Gasteiger charge is 2.28. The van der Waals surface area contributed by atoms with Gasteiger partial charge in [0, 0.05) is 73.8 Å². The summed E-state index contributed by atoms with van der Waals surface area (Å²) >= 11 is 15.2. The third-order valence-electron chi connectivity index (χ3n) is 6.21. The molecular weight excluding hydrogens is 549 g/mol. The SMILES string of the molecule is CC(=O)N(Sc1nc(-c2cccc(NC[C@@H](N)CO)c2)cs1)C1CCN(Cc2ccc(Cl)c(Cl)c2)CC1. The van der Waals surface area contributed by atoms with Gasteiger partial charge < -0.3 is 16.2 Å². The minimum Gasteiger partial charge on any atom is -0.395 e. The Bertz CT molecular complexity index is 1200. The van der Waals surface area contributed by atoms with E-state index in [4.69, 9.17) is 39.0 Å². The van der Waals surface area contributed by atoms with Gasteiger partial charge in [-0.25, -0.2) is 4.98 Å². The van der Waals surface area contributed by atoms with Gasteiger partial charge in [-0.05, 0) is 42.7 Å². The number of amides is 1. The molecule has 0 radical (unpaired) electrons. The summed E-state index contributed by atoms with van der Waals surface area (Å²) in [4.78, 5) is 19.7. The quantitative estimate of drug-likeness (QED) is 0.278. The number of halogens is 2. The lowest BCUT2D eigenvalue weighted by Crippen LogP contribution is -2.43. The summed E-state index contributed by atoms with van der Waals surface area (Å²) in [6.45, 7) is 4.65. The summed E-state index contributed by atoms with van der Waals surface area (Å²) < 4.78 is 2.72. The molecule has 3 aromatic rings. The van der Waals surface area contributed by atoms with E-state index in [2.05, 4.69) is 10.2 Å². The first-order valence-corrected chi connectivity index (χ1v) is 14.5. The lowest BCUT2D eigenvalue weighted by molar-refractivity contribution is -0.125. The molecule has 198 valence electrons. The van der Waals surface area contributed by atoms with Gasteiger partial charge in [-0.1, -0.05) is 41.4 Å². The van der Waals surface area contributed by atoms with Gasteiger partial charge in [0.2, 0.25) is 5.91 Å². The highest BCUT2D eigenvalue weighted by molar-refractivity contribution is 7.99. The maximum Gasteiger partial charge on any atom is 0.229 e. The zero-order valence-corrected chi connectivity index (χ0v) is 23.7. The maximum absolute atomic E-state index is 12.6. The van der Waals surface area contributed by atoms with Crippen LogP contribution in [0.4, 0.5) is 5.69 Å². The molecule has 0 unspecified atom stereocenters. The molecule has 1 amide bonds. The van der Waals surface area contributed by atoms with Crippen molar-refractivity contribution in [3.63, 3.8) is 0 Å². The molecule has 2 aromatic carbocycles. The maximum atomic E-state index is 12.6. The lowest BCUT2D eigenvalue weighted by atomic mass is 10.0. The highest BCUT2D eigenvalue weighted by atomic mass is 35.5. The number of piperidine rings is 1. The second-order valence-electron chi connectivity index (χ2n) is 9.09. The predicted octanol–water partition coefficient (Wildman–Crippen LogP) is 5.37. The van der Waals surface area contributed by atoms with E-state index in [-0.39, 0.29) is 24.6 Å². The van der Waals surface area contributed by atoms with Crippen LogP contribution in [0.2, 0.25) is 10.0 Å². The van der Waals surface area contributed by atoms with Crippen molar-refractivity contribution in [3.05, 3.63) is 63.5 Å². The normalized spacial score (nSPS) is 15.5. The van der Waals surface area contributed by atoms with Crippen LogP contribution in [0.1, 0.15) is 25.3 Å². The van der Waals surface area contributed by atoms with E-state index in [0.29, 0.717) is 16.6 Å². The summed E-state index contributed by atoms with van der Waals surface area (Å²) in [6, 6.07) is 13.5. The van der Waals surface area contributed by atoms with Crippen molar-refractivity contribution in [2.24, 2.45) is 5.73 Å². The number of benzene rings is 2. The molecule has 4 rings (SSSR count). The van der Waals surface area contributed by atoms with E-state index < -0.39 is 0 Å². The van der Waals surface area contributed by atoms with Crippen molar-refractivity contribution in [2.45, 2.75) is 42.7 Å². The number of nitrogens with two attached hydrogens (primary N) is 1. The van der Waals surface area contributed by atoms with Gasteiger partial charge in [0.15, 0.2) is 4.34 Å². The molecule has 7 nitrogen and oxygen atoms in total. The summed E-state index contributed by atoms with van der Waals surface area (Å²) in [5.74, 6) is 0.0381. The summed E-state index contributed by atoms with van der Waals surface area (Å²) in [5, 5.41) is 15.5. The van der Waals surface area contributed by atoms with Gasteiger partial charge in [-0.3, -0.25) is 14.0 Å². The van der Waals surface area contributed by atoms with Crippen LogP contribution >= 0.6 is 46.5 Å². The second kappa shape index (κ2) is 13.3. The fourth-order valence-electron chi connectivity index (χ4n) is 4.22. The number of carbonyl (C=O) groups excluding carboxylic acids is 1. The first-order chi connectivity index (χ1) is 17.8. The van der Waals surface area contributed by atoms with Gasteiger partial charge in [-0.15, -0.1) is 11.3 Å². The van der Waals surface area contributed by atoms with Crippen LogP contribution in [-0.2, 0) is 11.3 Å². The molecule has 1 aliphatic heterocycles. The molecule has 1 aliphatic rings. The number of hydrogen-bond acceptors (Lipinski definition) is 8. The largest absolute Gasteiger partial charge is 0.395 e. The molecule has 37 heavy (non-hydrogen) atoms. The molecule has 1 atom stereocenters. The third kappa shape index (κ3) is 7.83. The van der Waals surface area contributed by atoms with Crippen LogP contribution < -0.4 is 11.1 Å². The number of nitrogens with one attached hydrogen (secondary N) is 1. The Balaban J connectivity index is 1.35. The molecule has 1 saturated heterocycles. The average Bonchev–Trinajstić information content (AvgIpc) is 3.37. The van der Waals surface area contributed by atoms with Crippen LogP contribution in [-0.4, -0.2) is 63.5 Å². The number of anilines is 1. The minimum absolute atomic E-state index is 0.0381. The Labute approximate surface area is 236 Å². The number of thiazole rings is 1. The molecule has 0 aliphatic carbocycles. The van der Waals surface area contributed by atoms with Crippen LogP contribution in [0.15, 0.2) is 52.2 Å². The molecule has 11 heteroatoms. The number of aromatic nitrogens is 1. The Kier molecular flexibility index (Phi) is 10.1. The molecule has 0 spiro atoms. The number of aliphatic hydroxyl groups is 1. The Morgan fingerprint density at radius 2 is 2.05 bits per heavy atom. The van der Waals surface area contributed by atoms with Crippen LogP contribution in [0.25, 0.3) is 11.3 Å². The molecule has 1 aromatic heterocycles. The fraction of sp³-hybridized carbons (Fsp3) is 0.385. The Morgan fingerprint density at radius 3 is 2.76 bits per heavy atom. The van der Waals surface area contributed by atoms with Crippen molar-refractivity contribution in [3.8, 4) is 11.3 Å². The van der Waals surface area contributed by atoms with E-state index in [0.717, 1.165) is 59.3 Å². The zero-order chi connectivity index (χ0) is 26.4. The first-order valence-electron chi connectivity index (χ1n) is 12.1. The summed E-state index contributed by atoms with van der Waals surface area (Å²) in [7, 11) is 0. The van der Waals surface area contributed by atoms with Crippen molar-refractivity contribution in [2.75, 3.05) is 31.6 Å². The first kappa shape index (κ1) is 28.2. The fourth-order valence-corrected chi connectivity index (χ4v) is 6.45.